The van der Waals surface area contributed by atoms with Crippen molar-refractivity contribution in [2.24, 2.45) is 0 Å². The van der Waals surface area contributed by atoms with Crippen LogP contribution in [0.3, 0.4) is 0 Å². The van der Waals surface area contributed by atoms with Crippen LogP contribution >= 0.6 is 11.8 Å². The summed E-state index contributed by atoms with van der Waals surface area (Å²) in [6, 6.07) is 9.71. The van der Waals surface area contributed by atoms with Crippen molar-refractivity contribution in [2.75, 3.05) is 6.26 Å². The summed E-state index contributed by atoms with van der Waals surface area (Å²) < 4.78 is 5.19. The van der Waals surface area contributed by atoms with Gasteiger partial charge in [-0.3, -0.25) is 0 Å². The van der Waals surface area contributed by atoms with E-state index in [-0.39, 0.29) is 0 Å². The van der Waals surface area contributed by atoms with E-state index in [1.807, 2.05) is 36.6 Å². The Hall–Kier alpha value is -0.630. The molecule has 0 aromatic heterocycles. The molecule has 1 aromatic carbocycles. The summed E-state index contributed by atoms with van der Waals surface area (Å²) in [5.41, 5.74) is 0. The molecule has 0 heterocycles. The summed E-state index contributed by atoms with van der Waals surface area (Å²) in [5.74, 6) is 2.59. The molecule has 0 amide bonds. The van der Waals surface area contributed by atoms with Crippen molar-refractivity contribution < 1.29 is 4.74 Å². The van der Waals surface area contributed by atoms with Crippen LogP contribution in [0.2, 0.25) is 0 Å². The van der Waals surface area contributed by atoms with Crippen LogP contribution in [0.5, 0.6) is 5.75 Å². The lowest BCUT2D eigenvalue weighted by Crippen LogP contribution is -1.83. The molecule has 1 aromatic rings. The Bertz CT molecular complexity index is 174. The summed E-state index contributed by atoms with van der Waals surface area (Å²) in [4.78, 5) is 0. The van der Waals surface area contributed by atoms with Gasteiger partial charge in [-0.05, 0) is 18.4 Å². The number of benzene rings is 1. The van der Waals surface area contributed by atoms with Crippen molar-refractivity contribution in [1.29, 1.82) is 0 Å². The molecule has 0 spiro atoms. The maximum atomic E-state index is 5.19. The van der Waals surface area contributed by atoms with Gasteiger partial charge >= 0.3 is 0 Å². The molecule has 1 rings (SSSR count). The molecule has 0 N–H and O–H groups in total. The van der Waals surface area contributed by atoms with Gasteiger partial charge in [0.25, 0.3) is 0 Å². The normalized spacial score (nSPS) is 9.30. The minimum atomic E-state index is 0.886. The lowest BCUT2D eigenvalue weighted by molar-refractivity contribution is 0.457. The van der Waals surface area contributed by atoms with Crippen LogP contribution in [0.1, 0.15) is 0 Å². The summed E-state index contributed by atoms with van der Waals surface area (Å²) in [6.07, 6.45) is 1.96. The molecule has 0 saturated carbocycles. The molecule has 0 aliphatic carbocycles. The maximum absolute atomic E-state index is 5.19. The smallest absolute Gasteiger partial charge is 0.190 e. The van der Waals surface area contributed by atoms with Gasteiger partial charge in [-0.25, -0.2) is 0 Å². The van der Waals surface area contributed by atoms with E-state index in [9.17, 15) is 0 Å². The second kappa shape index (κ2) is 4.23. The van der Waals surface area contributed by atoms with Crippen molar-refractivity contribution in [2.45, 2.75) is 0 Å². The predicted octanol–water partition coefficient (Wildman–Crippen LogP) is 2.55. The number of hydrogen-bond donors (Lipinski definition) is 0. The van der Waals surface area contributed by atoms with Crippen LogP contribution in [-0.2, 0) is 0 Å². The second-order valence-electron chi connectivity index (χ2n) is 1.76. The lowest BCUT2D eigenvalue weighted by atomic mass is 10.3. The maximum Gasteiger partial charge on any atom is 0.190 e. The fourth-order valence-electron chi connectivity index (χ4n) is 0.603. The molecular formula is C8H9OS. The predicted molar refractivity (Wildman–Crippen MR) is 44.9 cm³/mol. The third-order valence-electron chi connectivity index (χ3n) is 1.02. The van der Waals surface area contributed by atoms with E-state index in [1.165, 1.54) is 0 Å². The highest BCUT2D eigenvalue weighted by Crippen LogP contribution is 2.12. The highest BCUT2D eigenvalue weighted by Gasteiger charge is 1.87. The number of ether oxygens (including phenoxy) is 1. The molecular weight excluding hydrogens is 144 g/mol. The monoisotopic (exact) mass is 153 g/mol. The van der Waals surface area contributed by atoms with E-state index in [0.29, 0.717) is 0 Å². The Kier molecular flexibility index (Phi) is 3.16. The molecule has 0 fully saturated rings. The van der Waals surface area contributed by atoms with Gasteiger partial charge < -0.3 is 4.74 Å². The van der Waals surface area contributed by atoms with Crippen LogP contribution in [0.15, 0.2) is 30.3 Å². The van der Waals surface area contributed by atoms with Crippen LogP contribution in [0, 0.1) is 5.94 Å². The van der Waals surface area contributed by atoms with E-state index in [1.54, 1.807) is 17.7 Å². The first-order valence-electron chi connectivity index (χ1n) is 2.99. The topological polar surface area (TPSA) is 9.23 Å². The highest BCUT2D eigenvalue weighted by molar-refractivity contribution is 8.00. The molecule has 0 saturated heterocycles. The van der Waals surface area contributed by atoms with Gasteiger partial charge in [0.2, 0.25) is 0 Å². The van der Waals surface area contributed by atoms with Crippen molar-refractivity contribution >= 4 is 11.8 Å². The zero-order chi connectivity index (χ0) is 7.23. The molecule has 0 unspecified atom stereocenters. The van der Waals surface area contributed by atoms with Gasteiger partial charge in [-0.1, -0.05) is 18.2 Å². The van der Waals surface area contributed by atoms with Crippen molar-refractivity contribution in [3.05, 3.63) is 36.3 Å². The van der Waals surface area contributed by atoms with Gasteiger partial charge in [0.1, 0.15) is 5.75 Å². The Morgan fingerprint density at radius 1 is 1.30 bits per heavy atom. The fraction of sp³-hybridized carbons (Fsp3) is 0.125. The molecule has 10 heavy (non-hydrogen) atoms. The average molecular weight is 153 g/mol. The van der Waals surface area contributed by atoms with E-state index in [2.05, 4.69) is 0 Å². The molecule has 2 heteroatoms. The molecule has 0 atom stereocenters. The minimum Gasteiger partial charge on any atom is -0.475 e. The Morgan fingerprint density at radius 2 is 2.00 bits per heavy atom. The zero-order valence-corrected chi connectivity index (χ0v) is 6.60. The van der Waals surface area contributed by atoms with Crippen molar-refractivity contribution in [3.8, 4) is 5.75 Å². The average Bonchev–Trinajstić information content (AvgIpc) is 2.03. The Morgan fingerprint density at radius 3 is 2.60 bits per heavy atom. The van der Waals surface area contributed by atoms with E-state index in [4.69, 9.17) is 4.74 Å². The standard InChI is InChI=1S/C8H9OS/c1-10-7-9-8-5-3-2-4-6-8/h2-7H,1H3. The molecule has 1 radical (unpaired) electrons. The molecule has 0 aliphatic heterocycles. The van der Waals surface area contributed by atoms with E-state index >= 15 is 0 Å². The van der Waals surface area contributed by atoms with Crippen LogP contribution < -0.4 is 4.74 Å². The number of hydrogen-bond acceptors (Lipinski definition) is 2. The van der Waals surface area contributed by atoms with Crippen LogP contribution in [0.25, 0.3) is 0 Å². The molecule has 0 bridgehead atoms. The van der Waals surface area contributed by atoms with Gasteiger partial charge in [0.05, 0.1) is 0 Å². The first-order chi connectivity index (χ1) is 4.93. The third-order valence-corrected chi connectivity index (χ3v) is 1.31. The molecule has 1 nitrogen and oxygen atoms in total. The second-order valence-corrected chi connectivity index (χ2v) is 2.43. The molecule has 0 aliphatic rings. The van der Waals surface area contributed by atoms with Crippen LogP contribution in [-0.4, -0.2) is 6.26 Å². The number of para-hydroxylation sites is 1. The highest BCUT2D eigenvalue weighted by atomic mass is 32.2. The first kappa shape index (κ1) is 7.48. The van der Waals surface area contributed by atoms with Crippen molar-refractivity contribution in [3.63, 3.8) is 0 Å². The third kappa shape index (κ3) is 2.31. The summed E-state index contributed by atoms with van der Waals surface area (Å²) in [6.45, 7) is 0. The molecule has 53 valence electrons. The minimum absolute atomic E-state index is 0.886. The van der Waals surface area contributed by atoms with E-state index in [0.717, 1.165) is 5.75 Å². The van der Waals surface area contributed by atoms with Gasteiger partial charge in [0, 0.05) is 0 Å². The van der Waals surface area contributed by atoms with E-state index < -0.39 is 0 Å². The number of rotatable bonds is 3. The fourth-order valence-corrected chi connectivity index (χ4v) is 0.810. The Balaban J connectivity index is 2.43. The largest absolute Gasteiger partial charge is 0.475 e. The summed E-state index contributed by atoms with van der Waals surface area (Å²) >= 11 is 1.55. The first-order valence-corrected chi connectivity index (χ1v) is 4.28. The van der Waals surface area contributed by atoms with Crippen molar-refractivity contribution in [1.82, 2.24) is 0 Å². The van der Waals surface area contributed by atoms with Gasteiger partial charge in [-0.2, -0.15) is 0 Å². The van der Waals surface area contributed by atoms with Gasteiger partial charge in [-0.15, -0.1) is 11.8 Å². The SMILES string of the molecule is CS[CH]Oc1ccccc1. The summed E-state index contributed by atoms with van der Waals surface area (Å²) in [7, 11) is 0. The zero-order valence-electron chi connectivity index (χ0n) is 5.78. The van der Waals surface area contributed by atoms with Crippen LogP contribution in [0.4, 0.5) is 0 Å². The summed E-state index contributed by atoms with van der Waals surface area (Å²) in [5, 5.41) is 0. The quantitative estimate of drug-likeness (QED) is 0.660. The lowest BCUT2D eigenvalue weighted by Gasteiger charge is -2.00. The number of thioether (sulfide) groups is 1. The van der Waals surface area contributed by atoms with Gasteiger partial charge in [0.15, 0.2) is 5.94 Å². The Labute approximate surface area is 65.4 Å².